The van der Waals surface area contributed by atoms with Gasteiger partial charge in [0.15, 0.2) is 0 Å². The number of rotatable bonds is 8. The minimum atomic E-state index is -0.120. The molecule has 0 radical (unpaired) electrons. The van der Waals surface area contributed by atoms with E-state index in [4.69, 9.17) is 9.47 Å². The molecule has 0 heterocycles. The molecule has 0 amide bonds. The van der Waals surface area contributed by atoms with Crippen LogP contribution in [-0.4, -0.2) is 25.4 Å². The predicted octanol–water partition coefficient (Wildman–Crippen LogP) is 4.70. The number of hydrogen-bond donors (Lipinski definition) is 1. The second kappa shape index (κ2) is 8.76. The van der Waals surface area contributed by atoms with E-state index in [1.54, 1.807) is 0 Å². The van der Waals surface area contributed by atoms with E-state index in [0.717, 1.165) is 23.2 Å². The first kappa shape index (κ1) is 18.5. The van der Waals surface area contributed by atoms with Crippen LogP contribution in [0.4, 0.5) is 0 Å². The molecule has 3 nitrogen and oxygen atoms in total. The van der Waals surface area contributed by atoms with Gasteiger partial charge in [-0.25, -0.2) is 0 Å². The van der Waals surface area contributed by atoms with Crippen LogP contribution >= 0.6 is 15.9 Å². The molecule has 1 rings (SSSR count). The highest BCUT2D eigenvalue weighted by Crippen LogP contribution is 2.28. The summed E-state index contributed by atoms with van der Waals surface area (Å²) in [5, 5.41) is 3.48. The van der Waals surface area contributed by atoms with Gasteiger partial charge < -0.3 is 14.8 Å². The maximum absolute atomic E-state index is 5.76. The smallest absolute Gasteiger partial charge is 0.133 e. The molecule has 1 N–H and O–H groups in total. The van der Waals surface area contributed by atoms with Crippen LogP contribution in [-0.2, 0) is 4.74 Å². The van der Waals surface area contributed by atoms with Crippen molar-refractivity contribution in [3.63, 3.8) is 0 Å². The van der Waals surface area contributed by atoms with Crippen molar-refractivity contribution in [2.75, 3.05) is 19.8 Å². The van der Waals surface area contributed by atoms with Crippen molar-refractivity contribution < 1.29 is 9.47 Å². The largest absolute Gasteiger partial charge is 0.490 e. The lowest BCUT2D eigenvalue weighted by atomic mass is 10.1. The average Bonchev–Trinajstić information content (AvgIpc) is 2.41. The van der Waals surface area contributed by atoms with Gasteiger partial charge in [-0.2, -0.15) is 0 Å². The second-order valence-corrected chi connectivity index (χ2v) is 7.03. The number of ether oxygens (including phenoxy) is 2. The Hall–Kier alpha value is -0.580. The maximum Gasteiger partial charge on any atom is 0.133 e. The van der Waals surface area contributed by atoms with Crippen LogP contribution in [0.5, 0.6) is 5.75 Å². The van der Waals surface area contributed by atoms with Gasteiger partial charge in [0.1, 0.15) is 12.4 Å². The van der Waals surface area contributed by atoms with Crippen LogP contribution in [0.2, 0.25) is 0 Å². The van der Waals surface area contributed by atoms with Gasteiger partial charge in [0.2, 0.25) is 0 Å². The monoisotopic (exact) mass is 357 g/mol. The molecule has 4 heteroatoms. The van der Waals surface area contributed by atoms with Crippen molar-refractivity contribution >= 4 is 15.9 Å². The Morgan fingerprint density at radius 1 is 1.24 bits per heavy atom. The molecular weight excluding hydrogens is 330 g/mol. The molecular formula is C17H28BrNO2. The highest BCUT2D eigenvalue weighted by atomic mass is 79.9. The van der Waals surface area contributed by atoms with Gasteiger partial charge >= 0.3 is 0 Å². The topological polar surface area (TPSA) is 30.5 Å². The van der Waals surface area contributed by atoms with Crippen molar-refractivity contribution in [1.82, 2.24) is 5.32 Å². The van der Waals surface area contributed by atoms with Crippen molar-refractivity contribution in [2.45, 2.75) is 52.7 Å². The first-order valence-electron chi connectivity index (χ1n) is 7.63. The first-order chi connectivity index (χ1) is 9.83. The molecule has 0 fully saturated rings. The standard InChI is InChI=1S/C17H28BrNO2/c1-6-9-19-13(2)14-7-8-16(15(18)12-14)20-10-11-21-17(3,4)5/h7-8,12-13,19H,6,9-11H2,1-5H3. The lowest BCUT2D eigenvalue weighted by molar-refractivity contribution is -0.0163. The van der Waals surface area contributed by atoms with Gasteiger partial charge in [0, 0.05) is 6.04 Å². The van der Waals surface area contributed by atoms with Crippen LogP contribution in [0.3, 0.4) is 0 Å². The SMILES string of the molecule is CCCNC(C)c1ccc(OCCOC(C)(C)C)c(Br)c1. The number of nitrogens with one attached hydrogen (secondary N) is 1. The highest BCUT2D eigenvalue weighted by molar-refractivity contribution is 9.10. The molecule has 0 saturated heterocycles. The third-order valence-corrected chi connectivity index (χ3v) is 3.65. The Balaban J connectivity index is 2.50. The summed E-state index contributed by atoms with van der Waals surface area (Å²) in [5.41, 5.74) is 1.14. The summed E-state index contributed by atoms with van der Waals surface area (Å²) >= 11 is 3.58. The number of benzene rings is 1. The molecule has 1 aromatic rings. The molecule has 1 unspecified atom stereocenters. The summed E-state index contributed by atoms with van der Waals surface area (Å²) in [6, 6.07) is 6.59. The van der Waals surface area contributed by atoms with Crippen LogP contribution in [0.1, 0.15) is 52.6 Å². The molecule has 0 aliphatic heterocycles. The third-order valence-electron chi connectivity index (χ3n) is 3.03. The zero-order valence-corrected chi connectivity index (χ0v) is 15.4. The van der Waals surface area contributed by atoms with E-state index in [1.807, 2.05) is 26.8 Å². The van der Waals surface area contributed by atoms with Crippen LogP contribution in [0.15, 0.2) is 22.7 Å². The quantitative estimate of drug-likeness (QED) is 0.683. The Bertz CT molecular complexity index is 429. The summed E-state index contributed by atoms with van der Waals surface area (Å²) < 4.78 is 12.4. The minimum absolute atomic E-state index is 0.120. The van der Waals surface area contributed by atoms with E-state index < -0.39 is 0 Å². The molecule has 0 bridgehead atoms. The van der Waals surface area contributed by atoms with Crippen molar-refractivity contribution in [2.24, 2.45) is 0 Å². The molecule has 0 saturated carbocycles. The van der Waals surface area contributed by atoms with Crippen molar-refractivity contribution in [1.29, 1.82) is 0 Å². The number of hydrogen-bond acceptors (Lipinski definition) is 3. The predicted molar refractivity (Wildman–Crippen MR) is 92.1 cm³/mol. The van der Waals surface area contributed by atoms with Gasteiger partial charge in [-0.15, -0.1) is 0 Å². The molecule has 0 spiro atoms. The first-order valence-corrected chi connectivity index (χ1v) is 8.42. The molecule has 1 atom stereocenters. The Kier molecular flexibility index (Phi) is 7.71. The molecule has 0 aromatic heterocycles. The molecule has 1 aromatic carbocycles. The van der Waals surface area contributed by atoms with Crippen molar-refractivity contribution in [3.8, 4) is 5.75 Å². The maximum atomic E-state index is 5.76. The zero-order chi connectivity index (χ0) is 15.9. The van der Waals surface area contributed by atoms with E-state index in [0.29, 0.717) is 19.3 Å². The van der Waals surface area contributed by atoms with Gasteiger partial charge in [0.05, 0.1) is 16.7 Å². The summed E-state index contributed by atoms with van der Waals surface area (Å²) in [6.07, 6.45) is 1.14. The Morgan fingerprint density at radius 2 is 1.95 bits per heavy atom. The van der Waals surface area contributed by atoms with Gasteiger partial charge in [-0.3, -0.25) is 0 Å². The van der Waals surface area contributed by atoms with E-state index in [1.165, 1.54) is 5.56 Å². The van der Waals surface area contributed by atoms with Gasteiger partial charge in [0.25, 0.3) is 0 Å². The molecule has 120 valence electrons. The summed E-state index contributed by atoms with van der Waals surface area (Å²) in [5.74, 6) is 0.860. The summed E-state index contributed by atoms with van der Waals surface area (Å²) in [4.78, 5) is 0. The fraction of sp³-hybridized carbons (Fsp3) is 0.647. The van der Waals surface area contributed by atoms with Gasteiger partial charge in [-0.05, 0) is 74.3 Å². The molecule has 0 aliphatic carbocycles. The fourth-order valence-electron chi connectivity index (χ4n) is 1.88. The van der Waals surface area contributed by atoms with E-state index in [-0.39, 0.29) is 5.60 Å². The minimum Gasteiger partial charge on any atom is -0.490 e. The van der Waals surface area contributed by atoms with Gasteiger partial charge in [-0.1, -0.05) is 13.0 Å². The third kappa shape index (κ3) is 7.30. The van der Waals surface area contributed by atoms with Crippen LogP contribution in [0.25, 0.3) is 0 Å². The van der Waals surface area contributed by atoms with Crippen LogP contribution < -0.4 is 10.1 Å². The lowest BCUT2D eigenvalue weighted by Gasteiger charge is -2.20. The van der Waals surface area contributed by atoms with Crippen molar-refractivity contribution in [3.05, 3.63) is 28.2 Å². The van der Waals surface area contributed by atoms with E-state index >= 15 is 0 Å². The second-order valence-electron chi connectivity index (χ2n) is 6.17. The van der Waals surface area contributed by atoms with Crippen LogP contribution in [0, 0.1) is 0 Å². The zero-order valence-electron chi connectivity index (χ0n) is 13.8. The summed E-state index contributed by atoms with van der Waals surface area (Å²) in [6.45, 7) is 12.7. The molecule has 21 heavy (non-hydrogen) atoms. The fourth-order valence-corrected chi connectivity index (χ4v) is 2.39. The highest BCUT2D eigenvalue weighted by Gasteiger charge is 2.11. The average molecular weight is 358 g/mol. The van der Waals surface area contributed by atoms with E-state index in [9.17, 15) is 0 Å². The summed E-state index contributed by atoms with van der Waals surface area (Å²) in [7, 11) is 0. The Morgan fingerprint density at radius 3 is 2.52 bits per heavy atom. The lowest BCUT2D eigenvalue weighted by Crippen LogP contribution is -2.22. The van der Waals surface area contributed by atoms with E-state index in [2.05, 4.69) is 47.2 Å². The molecule has 0 aliphatic rings. The Labute approximate surface area is 137 Å². The normalized spacial score (nSPS) is 13.2. The number of halogens is 1.